The molecular weight excluding hydrogens is 300 g/mol. The van der Waals surface area contributed by atoms with E-state index in [1.165, 1.54) is 18.4 Å². The number of rotatable bonds is 5. The van der Waals surface area contributed by atoms with Crippen molar-refractivity contribution >= 4 is 5.91 Å². The molecule has 1 aromatic rings. The van der Waals surface area contributed by atoms with E-state index in [2.05, 4.69) is 41.5 Å². The Morgan fingerprint density at radius 2 is 2.08 bits per heavy atom. The summed E-state index contributed by atoms with van der Waals surface area (Å²) in [7, 11) is 3.95. The molecule has 132 valence electrons. The summed E-state index contributed by atoms with van der Waals surface area (Å²) in [5.41, 5.74) is 1.75. The number of ether oxygens (including phenoxy) is 1. The Balaban J connectivity index is 1.72. The van der Waals surface area contributed by atoms with E-state index in [9.17, 15) is 4.79 Å². The zero-order chi connectivity index (χ0) is 17.2. The minimum Gasteiger partial charge on any atom is -0.497 e. The van der Waals surface area contributed by atoms with Crippen LogP contribution in [0.25, 0.3) is 0 Å². The zero-order valence-electron chi connectivity index (χ0n) is 15.2. The Labute approximate surface area is 145 Å². The van der Waals surface area contributed by atoms with Gasteiger partial charge in [0.05, 0.1) is 7.11 Å². The molecule has 2 aliphatic rings. The molecule has 0 radical (unpaired) electrons. The molecule has 1 N–H and O–H groups in total. The Hall–Kier alpha value is -1.55. The fourth-order valence-corrected chi connectivity index (χ4v) is 4.66. The van der Waals surface area contributed by atoms with Crippen LogP contribution in [-0.4, -0.2) is 43.6 Å². The topological polar surface area (TPSA) is 41.6 Å². The molecule has 1 aliphatic carbocycles. The highest BCUT2D eigenvalue weighted by molar-refractivity contribution is 5.75. The molecule has 1 aliphatic heterocycles. The van der Waals surface area contributed by atoms with E-state index in [1.54, 1.807) is 7.11 Å². The van der Waals surface area contributed by atoms with Gasteiger partial charge in [-0.3, -0.25) is 4.79 Å². The van der Waals surface area contributed by atoms with Crippen molar-refractivity contribution in [2.75, 3.05) is 20.7 Å². The molecule has 1 heterocycles. The van der Waals surface area contributed by atoms with Gasteiger partial charge in [-0.05, 0) is 68.8 Å². The second-order valence-corrected chi connectivity index (χ2v) is 7.53. The van der Waals surface area contributed by atoms with Crippen molar-refractivity contribution in [2.24, 2.45) is 5.41 Å². The third kappa shape index (κ3) is 3.44. The van der Waals surface area contributed by atoms with Crippen LogP contribution in [0.3, 0.4) is 0 Å². The number of fused-ring (bicyclic) bond motifs is 1. The third-order valence-corrected chi connectivity index (χ3v) is 6.10. The highest BCUT2D eigenvalue weighted by atomic mass is 16.5. The van der Waals surface area contributed by atoms with Gasteiger partial charge in [0.25, 0.3) is 0 Å². The van der Waals surface area contributed by atoms with Crippen molar-refractivity contribution in [3.8, 4) is 5.75 Å². The quantitative estimate of drug-likeness (QED) is 0.902. The third-order valence-electron chi connectivity index (χ3n) is 6.10. The first-order chi connectivity index (χ1) is 11.6. The van der Waals surface area contributed by atoms with E-state index in [4.69, 9.17) is 4.74 Å². The summed E-state index contributed by atoms with van der Waals surface area (Å²) in [6.07, 6.45) is 6.34. The Morgan fingerprint density at radius 3 is 2.75 bits per heavy atom. The van der Waals surface area contributed by atoms with Gasteiger partial charge < -0.3 is 15.0 Å². The normalized spacial score (nSPS) is 30.0. The maximum absolute atomic E-state index is 11.7. The van der Waals surface area contributed by atoms with Gasteiger partial charge in [-0.1, -0.05) is 19.1 Å². The lowest BCUT2D eigenvalue weighted by molar-refractivity contribution is -0.122. The highest BCUT2D eigenvalue weighted by Crippen LogP contribution is 2.48. The van der Waals surface area contributed by atoms with E-state index >= 15 is 0 Å². The zero-order valence-corrected chi connectivity index (χ0v) is 15.2. The predicted octanol–water partition coefficient (Wildman–Crippen LogP) is 3.01. The fraction of sp³-hybridized carbons (Fsp3) is 0.650. The molecule has 1 aromatic carbocycles. The van der Waals surface area contributed by atoms with Crippen molar-refractivity contribution in [3.05, 3.63) is 29.8 Å². The van der Waals surface area contributed by atoms with Crippen LogP contribution < -0.4 is 10.1 Å². The van der Waals surface area contributed by atoms with Crippen LogP contribution in [0.15, 0.2) is 24.3 Å². The van der Waals surface area contributed by atoms with Crippen molar-refractivity contribution in [2.45, 2.75) is 57.5 Å². The molecule has 0 unspecified atom stereocenters. The lowest BCUT2D eigenvalue weighted by Gasteiger charge is -2.44. The number of nitrogens with one attached hydrogen (secondary N) is 1. The van der Waals surface area contributed by atoms with Crippen molar-refractivity contribution in [1.82, 2.24) is 10.2 Å². The molecule has 0 bridgehead atoms. The number of benzene rings is 1. The average molecular weight is 330 g/mol. The number of carbonyl (C=O) groups excluding carboxylic acids is 1. The summed E-state index contributed by atoms with van der Waals surface area (Å²) < 4.78 is 5.27. The van der Waals surface area contributed by atoms with Gasteiger partial charge >= 0.3 is 0 Å². The van der Waals surface area contributed by atoms with Crippen LogP contribution in [0.4, 0.5) is 0 Å². The molecule has 3 rings (SSSR count). The molecule has 4 nitrogen and oxygen atoms in total. The SMILES string of the molecule is CCC(=O)N[C@H]1CC[C@@]2(Cc3ccc(OC)cc3)CCN(C)[C@H]2C1. The monoisotopic (exact) mass is 330 g/mol. The number of methoxy groups -OCH3 is 1. The maximum atomic E-state index is 11.7. The van der Waals surface area contributed by atoms with E-state index in [1.807, 2.05) is 6.92 Å². The number of hydrogen-bond acceptors (Lipinski definition) is 3. The van der Waals surface area contributed by atoms with Crippen LogP contribution in [0.5, 0.6) is 5.75 Å². The summed E-state index contributed by atoms with van der Waals surface area (Å²) in [5, 5.41) is 3.22. The molecule has 1 saturated heterocycles. The number of hydrogen-bond donors (Lipinski definition) is 1. The standard InChI is InChI=1S/C20H30N2O2/c1-4-19(23)21-16-9-10-20(11-12-22(2)18(20)13-16)14-15-5-7-17(24-3)8-6-15/h5-8,16,18H,4,9-14H2,1-3H3,(H,21,23)/t16-,18-,20-/m0/s1. The second-order valence-electron chi connectivity index (χ2n) is 7.53. The smallest absolute Gasteiger partial charge is 0.219 e. The lowest BCUT2D eigenvalue weighted by Crippen LogP contribution is -2.50. The van der Waals surface area contributed by atoms with Gasteiger partial charge in [-0.15, -0.1) is 0 Å². The van der Waals surface area contributed by atoms with Crippen LogP contribution in [-0.2, 0) is 11.2 Å². The molecule has 24 heavy (non-hydrogen) atoms. The molecule has 1 amide bonds. The molecule has 3 atom stereocenters. The summed E-state index contributed by atoms with van der Waals surface area (Å²) in [6.45, 7) is 3.09. The second kappa shape index (κ2) is 7.14. The van der Waals surface area contributed by atoms with Gasteiger partial charge in [-0.2, -0.15) is 0 Å². The van der Waals surface area contributed by atoms with E-state index in [-0.39, 0.29) is 5.91 Å². The van der Waals surface area contributed by atoms with Gasteiger partial charge in [0.15, 0.2) is 0 Å². The molecule has 2 fully saturated rings. The van der Waals surface area contributed by atoms with Crippen molar-refractivity contribution in [3.63, 3.8) is 0 Å². The number of amides is 1. The molecule has 0 aromatic heterocycles. The Kier molecular flexibility index (Phi) is 5.14. The average Bonchev–Trinajstić information content (AvgIpc) is 2.92. The number of likely N-dealkylation sites (tertiary alicyclic amines) is 1. The van der Waals surface area contributed by atoms with E-state index in [0.717, 1.165) is 31.6 Å². The minimum absolute atomic E-state index is 0.184. The molecular formula is C20H30N2O2. The van der Waals surface area contributed by atoms with Crippen LogP contribution in [0, 0.1) is 5.41 Å². The summed E-state index contributed by atoms with van der Waals surface area (Å²) in [4.78, 5) is 14.3. The van der Waals surface area contributed by atoms with E-state index in [0.29, 0.717) is 23.9 Å². The van der Waals surface area contributed by atoms with Gasteiger partial charge in [0.2, 0.25) is 5.91 Å². The van der Waals surface area contributed by atoms with Crippen LogP contribution in [0.1, 0.15) is 44.6 Å². The van der Waals surface area contributed by atoms with Crippen molar-refractivity contribution in [1.29, 1.82) is 0 Å². The molecule has 0 spiro atoms. The lowest BCUT2D eigenvalue weighted by atomic mass is 9.66. The first kappa shape index (κ1) is 17.3. The van der Waals surface area contributed by atoms with Gasteiger partial charge in [0, 0.05) is 18.5 Å². The Morgan fingerprint density at radius 1 is 1.33 bits per heavy atom. The number of carbonyl (C=O) groups is 1. The van der Waals surface area contributed by atoms with Gasteiger partial charge in [0.1, 0.15) is 5.75 Å². The van der Waals surface area contributed by atoms with Crippen LogP contribution in [0.2, 0.25) is 0 Å². The largest absolute Gasteiger partial charge is 0.497 e. The predicted molar refractivity (Wildman–Crippen MR) is 96.2 cm³/mol. The first-order valence-electron chi connectivity index (χ1n) is 9.19. The first-order valence-corrected chi connectivity index (χ1v) is 9.19. The van der Waals surface area contributed by atoms with Crippen molar-refractivity contribution < 1.29 is 9.53 Å². The Bertz CT molecular complexity index is 572. The minimum atomic E-state index is 0.184. The summed E-state index contributed by atoms with van der Waals surface area (Å²) >= 11 is 0. The van der Waals surface area contributed by atoms with Crippen LogP contribution >= 0.6 is 0 Å². The summed E-state index contributed by atoms with van der Waals surface area (Å²) in [5.74, 6) is 1.10. The van der Waals surface area contributed by atoms with E-state index < -0.39 is 0 Å². The maximum Gasteiger partial charge on any atom is 0.219 e. The molecule has 1 saturated carbocycles. The summed E-state index contributed by atoms with van der Waals surface area (Å²) in [6, 6.07) is 9.43. The number of nitrogens with zero attached hydrogens (tertiary/aromatic N) is 1. The highest BCUT2D eigenvalue weighted by Gasteiger charge is 2.49. The van der Waals surface area contributed by atoms with Gasteiger partial charge in [-0.25, -0.2) is 0 Å². The fourth-order valence-electron chi connectivity index (χ4n) is 4.66. The molecule has 4 heteroatoms.